The monoisotopic (exact) mass is 341 g/mol. The molecule has 0 aliphatic rings. The van der Waals surface area contributed by atoms with E-state index in [0.717, 1.165) is 0 Å². The molecule has 0 spiro atoms. The molecule has 2 unspecified atom stereocenters. The molecule has 0 fully saturated rings. The highest BCUT2D eigenvalue weighted by Gasteiger charge is 2.20. The molecule has 2 aromatic carbocycles. The van der Waals surface area contributed by atoms with Crippen molar-refractivity contribution >= 4 is 15.9 Å². The van der Waals surface area contributed by atoms with E-state index in [9.17, 15) is 8.78 Å². The first-order chi connectivity index (χ1) is 9.47. The Morgan fingerprint density at radius 2 is 1.75 bits per heavy atom. The predicted octanol–water partition coefficient (Wildman–Crippen LogP) is 4.19. The third kappa shape index (κ3) is 3.55. The van der Waals surface area contributed by atoms with Gasteiger partial charge in [0.15, 0.2) is 11.6 Å². The lowest BCUT2D eigenvalue weighted by Crippen LogP contribution is -2.29. The summed E-state index contributed by atoms with van der Waals surface area (Å²) in [5.74, 6) is -0.710. The van der Waals surface area contributed by atoms with Gasteiger partial charge >= 0.3 is 0 Å². The molecule has 0 bridgehead atoms. The molecule has 0 heterocycles. The first-order valence-electron chi connectivity index (χ1n) is 6.10. The first-order valence-corrected chi connectivity index (χ1v) is 6.89. The number of hydrogen-bond acceptors (Lipinski definition) is 2. The van der Waals surface area contributed by atoms with Gasteiger partial charge in [0.05, 0.1) is 0 Å². The van der Waals surface area contributed by atoms with Gasteiger partial charge in [0.25, 0.3) is 0 Å². The van der Waals surface area contributed by atoms with Crippen molar-refractivity contribution in [2.24, 2.45) is 5.73 Å². The van der Waals surface area contributed by atoms with Crippen LogP contribution in [0.2, 0.25) is 0 Å². The molecule has 0 saturated carbocycles. The molecule has 2 N–H and O–H groups in total. The molecule has 0 aliphatic heterocycles. The third-order valence-electron chi connectivity index (χ3n) is 2.82. The van der Waals surface area contributed by atoms with Crippen molar-refractivity contribution in [2.45, 2.75) is 19.1 Å². The molecule has 0 radical (unpaired) electrons. The average molecular weight is 342 g/mol. The van der Waals surface area contributed by atoms with E-state index in [1.165, 1.54) is 24.3 Å². The third-order valence-corrected chi connectivity index (χ3v) is 3.32. The second-order valence-corrected chi connectivity index (χ2v) is 5.44. The summed E-state index contributed by atoms with van der Waals surface area (Å²) in [7, 11) is 0. The van der Waals surface area contributed by atoms with Gasteiger partial charge in [-0.15, -0.1) is 0 Å². The van der Waals surface area contributed by atoms with Gasteiger partial charge in [-0.1, -0.05) is 28.1 Å². The molecule has 0 saturated heterocycles. The van der Waals surface area contributed by atoms with Crippen LogP contribution in [-0.4, -0.2) is 6.04 Å². The van der Waals surface area contributed by atoms with E-state index in [0.29, 0.717) is 10.0 Å². The maximum absolute atomic E-state index is 13.7. The zero-order chi connectivity index (χ0) is 14.7. The Labute approximate surface area is 124 Å². The SMILES string of the molecule is CC(N)C(Oc1cc(Br)ccc1F)c1ccc(F)cc1. The Bertz CT molecular complexity index is 587. The van der Waals surface area contributed by atoms with E-state index in [1.54, 1.807) is 25.1 Å². The Morgan fingerprint density at radius 1 is 1.10 bits per heavy atom. The smallest absolute Gasteiger partial charge is 0.165 e. The van der Waals surface area contributed by atoms with Gasteiger partial charge in [0.1, 0.15) is 11.9 Å². The van der Waals surface area contributed by atoms with E-state index in [-0.39, 0.29) is 17.6 Å². The summed E-state index contributed by atoms with van der Waals surface area (Å²) in [4.78, 5) is 0. The quantitative estimate of drug-likeness (QED) is 0.904. The lowest BCUT2D eigenvalue weighted by atomic mass is 10.0. The summed E-state index contributed by atoms with van der Waals surface area (Å²) >= 11 is 3.26. The van der Waals surface area contributed by atoms with Crippen LogP contribution >= 0.6 is 15.9 Å². The summed E-state index contributed by atoms with van der Waals surface area (Å²) in [6, 6.07) is 9.87. The van der Waals surface area contributed by atoms with Crippen molar-refractivity contribution in [3.05, 3.63) is 64.1 Å². The highest BCUT2D eigenvalue weighted by atomic mass is 79.9. The van der Waals surface area contributed by atoms with Gasteiger partial charge in [0, 0.05) is 10.5 Å². The first kappa shape index (κ1) is 14.9. The molecule has 106 valence electrons. The van der Waals surface area contributed by atoms with Gasteiger partial charge in [-0.05, 0) is 42.8 Å². The number of nitrogens with two attached hydrogens (primary N) is 1. The van der Waals surface area contributed by atoms with Crippen LogP contribution in [0.3, 0.4) is 0 Å². The van der Waals surface area contributed by atoms with Gasteiger partial charge < -0.3 is 10.5 Å². The molecular formula is C15H14BrF2NO. The summed E-state index contributed by atoms with van der Waals surface area (Å²) in [5, 5.41) is 0. The summed E-state index contributed by atoms with van der Waals surface area (Å²) in [5.41, 5.74) is 6.58. The van der Waals surface area contributed by atoms with E-state index < -0.39 is 11.9 Å². The van der Waals surface area contributed by atoms with Crippen molar-refractivity contribution in [2.75, 3.05) is 0 Å². The van der Waals surface area contributed by atoms with Crippen LogP contribution in [-0.2, 0) is 0 Å². The fourth-order valence-electron chi connectivity index (χ4n) is 1.84. The molecule has 0 amide bonds. The van der Waals surface area contributed by atoms with Crippen LogP contribution < -0.4 is 10.5 Å². The predicted molar refractivity (Wildman–Crippen MR) is 77.5 cm³/mol. The largest absolute Gasteiger partial charge is 0.481 e. The molecule has 0 aromatic heterocycles. The van der Waals surface area contributed by atoms with E-state index in [2.05, 4.69) is 15.9 Å². The Hall–Kier alpha value is -1.46. The van der Waals surface area contributed by atoms with E-state index >= 15 is 0 Å². The molecule has 2 rings (SSSR count). The van der Waals surface area contributed by atoms with Crippen molar-refractivity contribution in [1.82, 2.24) is 0 Å². The zero-order valence-corrected chi connectivity index (χ0v) is 12.4. The minimum Gasteiger partial charge on any atom is -0.481 e. The average Bonchev–Trinajstić information content (AvgIpc) is 2.40. The molecule has 5 heteroatoms. The van der Waals surface area contributed by atoms with Crippen LogP contribution in [0.15, 0.2) is 46.9 Å². The number of rotatable bonds is 4. The Balaban J connectivity index is 2.30. The lowest BCUT2D eigenvalue weighted by Gasteiger charge is -2.23. The molecule has 20 heavy (non-hydrogen) atoms. The summed E-state index contributed by atoms with van der Waals surface area (Å²) in [6.07, 6.45) is -0.556. The van der Waals surface area contributed by atoms with Crippen LogP contribution in [0.25, 0.3) is 0 Å². The number of halogens is 3. The normalized spacial score (nSPS) is 13.8. The second-order valence-electron chi connectivity index (χ2n) is 4.52. The lowest BCUT2D eigenvalue weighted by molar-refractivity contribution is 0.172. The number of ether oxygens (including phenoxy) is 1. The maximum Gasteiger partial charge on any atom is 0.165 e. The topological polar surface area (TPSA) is 35.2 Å². The van der Waals surface area contributed by atoms with Gasteiger partial charge in [-0.25, -0.2) is 8.78 Å². The van der Waals surface area contributed by atoms with E-state index in [1.807, 2.05) is 0 Å². The molecule has 0 aliphatic carbocycles. The fraction of sp³-hybridized carbons (Fsp3) is 0.200. The minimum atomic E-state index is -0.556. The Kier molecular flexibility index (Phi) is 4.73. The summed E-state index contributed by atoms with van der Waals surface area (Å²) in [6.45, 7) is 1.75. The molecule has 2 nitrogen and oxygen atoms in total. The van der Waals surface area contributed by atoms with Gasteiger partial charge in [0.2, 0.25) is 0 Å². The second kappa shape index (κ2) is 6.33. The van der Waals surface area contributed by atoms with Crippen LogP contribution in [0.1, 0.15) is 18.6 Å². The summed E-state index contributed by atoms with van der Waals surface area (Å²) < 4.78 is 33.0. The Morgan fingerprint density at radius 3 is 2.35 bits per heavy atom. The van der Waals surface area contributed by atoms with Crippen molar-refractivity contribution in [3.8, 4) is 5.75 Å². The highest BCUT2D eigenvalue weighted by molar-refractivity contribution is 9.10. The molecular weight excluding hydrogens is 328 g/mol. The number of benzene rings is 2. The van der Waals surface area contributed by atoms with Crippen molar-refractivity contribution < 1.29 is 13.5 Å². The fourth-order valence-corrected chi connectivity index (χ4v) is 2.18. The van der Waals surface area contributed by atoms with Crippen molar-refractivity contribution in [1.29, 1.82) is 0 Å². The van der Waals surface area contributed by atoms with Crippen LogP contribution in [0.5, 0.6) is 5.75 Å². The highest BCUT2D eigenvalue weighted by Crippen LogP contribution is 2.29. The standard InChI is InChI=1S/C15H14BrF2NO/c1-9(19)15(10-2-5-12(17)6-3-10)20-14-8-11(16)4-7-13(14)18/h2-9,15H,19H2,1H3. The minimum absolute atomic E-state index is 0.103. The van der Waals surface area contributed by atoms with Crippen LogP contribution in [0.4, 0.5) is 8.78 Å². The zero-order valence-electron chi connectivity index (χ0n) is 10.8. The van der Waals surface area contributed by atoms with Gasteiger partial charge in [-0.3, -0.25) is 0 Å². The van der Waals surface area contributed by atoms with Crippen molar-refractivity contribution in [3.63, 3.8) is 0 Å². The molecule has 2 atom stereocenters. The van der Waals surface area contributed by atoms with E-state index in [4.69, 9.17) is 10.5 Å². The van der Waals surface area contributed by atoms with Gasteiger partial charge in [-0.2, -0.15) is 0 Å². The number of hydrogen-bond donors (Lipinski definition) is 1. The maximum atomic E-state index is 13.7. The molecule has 2 aromatic rings. The van der Waals surface area contributed by atoms with Crippen LogP contribution in [0, 0.1) is 11.6 Å².